The fourth-order valence-electron chi connectivity index (χ4n) is 2.68. The smallest absolute Gasteiger partial charge is 0.407 e. The number of hydrogen-bond donors (Lipinski definition) is 2. The van der Waals surface area contributed by atoms with Gasteiger partial charge in [0.05, 0.1) is 6.61 Å². The van der Waals surface area contributed by atoms with Crippen LogP contribution in [0.25, 0.3) is 0 Å². The van der Waals surface area contributed by atoms with Gasteiger partial charge in [0, 0.05) is 13.0 Å². The third kappa shape index (κ3) is 7.03. The highest BCUT2D eigenvalue weighted by molar-refractivity contribution is 5.68. The van der Waals surface area contributed by atoms with Crippen LogP contribution in [0.5, 0.6) is 5.75 Å². The summed E-state index contributed by atoms with van der Waals surface area (Å²) in [6.45, 7) is 6.47. The largest absolute Gasteiger partial charge is 0.494 e. The molecule has 1 aromatic carbocycles. The summed E-state index contributed by atoms with van der Waals surface area (Å²) in [6, 6.07) is 7.82. The zero-order valence-electron chi connectivity index (χ0n) is 15.1. The summed E-state index contributed by atoms with van der Waals surface area (Å²) in [6.07, 6.45) is 1.46. The minimum atomic E-state index is -0.729. The molecule has 25 heavy (non-hydrogen) atoms. The molecule has 0 heterocycles. The number of carbonyl (C=O) groups excluding carboxylic acids is 1. The summed E-state index contributed by atoms with van der Waals surface area (Å²) >= 11 is 0. The van der Waals surface area contributed by atoms with Crippen LogP contribution in [-0.2, 0) is 9.53 Å². The number of rotatable bonds is 8. The molecular formula is C19H27NO5. The Kier molecular flexibility index (Phi) is 6.28. The summed E-state index contributed by atoms with van der Waals surface area (Å²) in [5.74, 6) is 0.676. The lowest BCUT2D eigenvalue weighted by atomic mass is 10.1. The van der Waals surface area contributed by atoms with Crippen LogP contribution in [0.1, 0.15) is 51.5 Å². The van der Waals surface area contributed by atoms with E-state index in [-0.39, 0.29) is 12.3 Å². The first-order chi connectivity index (χ1) is 11.7. The van der Waals surface area contributed by atoms with Gasteiger partial charge in [-0.2, -0.15) is 0 Å². The molecular weight excluding hydrogens is 322 g/mol. The van der Waals surface area contributed by atoms with E-state index in [0.29, 0.717) is 25.5 Å². The molecule has 138 valence electrons. The molecule has 0 aromatic heterocycles. The molecule has 0 radical (unpaired) electrons. The highest BCUT2D eigenvalue weighted by atomic mass is 16.6. The number of amides is 1. The van der Waals surface area contributed by atoms with E-state index in [0.717, 1.165) is 12.2 Å². The quantitative estimate of drug-likeness (QED) is 0.701. The Balaban J connectivity index is 1.62. The number of benzene rings is 1. The van der Waals surface area contributed by atoms with Crippen molar-refractivity contribution in [3.05, 3.63) is 29.8 Å². The first-order valence-electron chi connectivity index (χ1n) is 8.66. The van der Waals surface area contributed by atoms with Crippen molar-refractivity contribution in [2.75, 3.05) is 13.2 Å². The summed E-state index contributed by atoms with van der Waals surface area (Å²) in [5.41, 5.74) is 0.679. The Morgan fingerprint density at radius 1 is 1.24 bits per heavy atom. The average Bonchev–Trinajstić information content (AvgIpc) is 3.24. The molecule has 2 rings (SSSR count). The molecule has 6 heteroatoms. The fourth-order valence-corrected chi connectivity index (χ4v) is 2.68. The SMILES string of the molecule is CC(C)(C)OC(=O)NCCCOc1ccc(C2CC2CC(=O)O)cc1. The highest BCUT2D eigenvalue weighted by Crippen LogP contribution is 2.49. The number of carbonyl (C=O) groups is 2. The lowest BCUT2D eigenvalue weighted by Gasteiger charge is -2.19. The van der Waals surface area contributed by atoms with E-state index < -0.39 is 17.7 Å². The number of alkyl carbamates (subject to hydrolysis) is 1. The van der Waals surface area contributed by atoms with Crippen LogP contribution in [-0.4, -0.2) is 35.9 Å². The fraction of sp³-hybridized carbons (Fsp3) is 0.579. The number of carboxylic acid groups (broad SMARTS) is 1. The van der Waals surface area contributed by atoms with E-state index >= 15 is 0 Å². The van der Waals surface area contributed by atoms with E-state index in [1.165, 1.54) is 5.56 Å². The van der Waals surface area contributed by atoms with Crippen molar-refractivity contribution in [3.63, 3.8) is 0 Å². The van der Waals surface area contributed by atoms with Gasteiger partial charge in [0.25, 0.3) is 0 Å². The Morgan fingerprint density at radius 3 is 2.52 bits per heavy atom. The molecule has 2 N–H and O–H groups in total. The molecule has 0 spiro atoms. The third-order valence-electron chi connectivity index (χ3n) is 3.93. The molecule has 1 aliphatic rings. The topological polar surface area (TPSA) is 84.9 Å². The minimum absolute atomic E-state index is 0.244. The van der Waals surface area contributed by atoms with E-state index in [1.807, 2.05) is 45.0 Å². The van der Waals surface area contributed by atoms with Crippen LogP contribution in [0.3, 0.4) is 0 Å². The summed E-state index contributed by atoms with van der Waals surface area (Å²) in [4.78, 5) is 22.2. The maximum atomic E-state index is 11.5. The van der Waals surface area contributed by atoms with Gasteiger partial charge < -0.3 is 19.9 Å². The Bertz CT molecular complexity index is 591. The molecule has 0 aliphatic heterocycles. The van der Waals surface area contributed by atoms with E-state index in [1.54, 1.807) is 0 Å². The maximum Gasteiger partial charge on any atom is 0.407 e. The number of hydrogen-bond acceptors (Lipinski definition) is 4. The van der Waals surface area contributed by atoms with Crippen molar-refractivity contribution in [2.45, 2.75) is 51.6 Å². The van der Waals surface area contributed by atoms with E-state index in [4.69, 9.17) is 14.6 Å². The zero-order valence-corrected chi connectivity index (χ0v) is 15.1. The molecule has 1 saturated carbocycles. The lowest BCUT2D eigenvalue weighted by molar-refractivity contribution is -0.137. The van der Waals surface area contributed by atoms with Gasteiger partial charge in [0.2, 0.25) is 0 Å². The van der Waals surface area contributed by atoms with Crippen molar-refractivity contribution in [1.29, 1.82) is 0 Å². The first-order valence-corrected chi connectivity index (χ1v) is 8.66. The number of carboxylic acids is 1. The van der Waals surface area contributed by atoms with Gasteiger partial charge in [-0.1, -0.05) is 12.1 Å². The molecule has 1 aromatic rings. The molecule has 1 aliphatic carbocycles. The Hall–Kier alpha value is -2.24. The van der Waals surface area contributed by atoms with Crippen molar-refractivity contribution < 1.29 is 24.2 Å². The molecule has 0 saturated heterocycles. The predicted molar refractivity (Wildman–Crippen MR) is 93.9 cm³/mol. The molecule has 1 fully saturated rings. The predicted octanol–water partition coefficient (Wildman–Crippen LogP) is 3.56. The maximum absolute atomic E-state index is 11.5. The third-order valence-corrected chi connectivity index (χ3v) is 3.93. The number of nitrogens with one attached hydrogen (secondary N) is 1. The second kappa shape index (κ2) is 8.23. The highest BCUT2D eigenvalue weighted by Gasteiger charge is 2.39. The van der Waals surface area contributed by atoms with Gasteiger partial charge in [0.1, 0.15) is 11.4 Å². The molecule has 0 bridgehead atoms. The van der Waals surface area contributed by atoms with Crippen LogP contribution in [0, 0.1) is 5.92 Å². The van der Waals surface area contributed by atoms with Crippen molar-refractivity contribution in [1.82, 2.24) is 5.32 Å². The average molecular weight is 349 g/mol. The van der Waals surface area contributed by atoms with Gasteiger partial charge >= 0.3 is 12.1 Å². The van der Waals surface area contributed by atoms with E-state index in [2.05, 4.69) is 5.32 Å². The Morgan fingerprint density at radius 2 is 1.92 bits per heavy atom. The molecule has 2 unspecified atom stereocenters. The van der Waals surface area contributed by atoms with Gasteiger partial charge in [-0.25, -0.2) is 4.79 Å². The first kappa shape index (κ1) is 19.1. The van der Waals surface area contributed by atoms with Gasteiger partial charge in [-0.15, -0.1) is 0 Å². The van der Waals surface area contributed by atoms with Crippen LogP contribution in [0.4, 0.5) is 4.79 Å². The van der Waals surface area contributed by atoms with E-state index in [9.17, 15) is 9.59 Å². The van der Waals surface area contributed by atoms with Crippen molar-refractivity contribution >= 4 is 12.1 Å². The second-order valence-corrected chi connectivity index (χ2v) is 7.40. The Labute approximate surface area is 148 Å². The van der Waals surface area contributed by atoms with Crippen LogP contribution in [0.15, 0.2) is 24.3 Å². The van der Waals surface area contributed by atoms with Crippen LogP contribution >= 0.6 is 0 Å². The number of aliphatic carboxylic acids is 1. The lowest BCUT2D eigenvalue weighted by Crippen LogP contribution is -2.33. The summed E-state index contributed by atoms with van der Waals surface area (Å²) < 4.78 is 10.8. The van der Waals surface area contributed by atoms with Gasteiger partial charge in [-0.05, 0) is 63.1 Å². The molecule has 6 nitrogen and oxygen atoms in total. The van der Waals surface area contributed by atoms with Crippen molar-refractivity contribution in [2.24, 2.45) is 5.92 Å². The minimum Gasteiger partial charge on any atom is -0.494 e. The standard InChI is InChI=1S/C19H27NO5/c1-19(2,3)25-18(23)20-9-4-10-24-15-7-5-13(6-8-15)16-11-14(16)12-17(21)22/h5-8,14,16H,4,9-12H2,1-3H3,(H,20,23)(H,21,22). The van der Waals surface area contributed by atoms with Gasteiger partial charge in [-0.3, -0.25) is 4.79 Å². The normalized spacial score (nSPS) is 19.2. The number of ether oxygens (including phenoxy) is 2. The summed E-state index contributed by atoms with van der Waals surface area (Å²) in [5, 5.41) is 11.5. The molecule has 1 amide bonds. The van der Waals surface area contributed by atoms with Crippen molar-refractivity contribution in [3.8, 4) is 5.75 Å². The monoisotopic (exact) mass is 349 g/mol. The zero-order chi connectivity index (χ0) is 18.4. The molecule has 2 atom stereocenters. The summed E-state index contributed by atoms with van der Waals surface area (Å²) in [7, 11) is 0. The van der Waals surface area contributed by atoms with Gasteiger partial charge in [0.15, 0.2) is 0 Å². The van der Waals surface area contributed by atoms with Crippen LogP contribution < -0.4 is 10.1 Å². The van der Waals surface area contributed by atoms with Crippen LogP contribution in [0.2, 0.25) is 0 Å². The second-order valence-electron chi connectivity index (χ2n) is 7.40.